The second kappa shape index (κ2) is 5.37. The van der Waals surface area contributed by atoms with Gasteiger partial charge < -0.3 is 0 Å². The fourth-order valence-electron chi connectivity index (χ4n) is 3.58. The zero-order valence-electron chi connectivity index (χ0n) is 11.5. The second-order valence-corrected chi connectivity index (χ2v) is 6.70. The third kappa shape index (κ3) is 3.81. The van der Waals surface area contributed by atoms with Gasteiger partial charge in [-0.05, 0) is 42.4 Å². The van der Waals surface area contributed by atoms with Crippen molar-refractivity contribution in [3.05, 3.63) is 0 Å². The van der Waals surface area contributed by atoms with E-state index in [-0.39, 0.29) is 0 Å². The summed E-state index contributed by atoms with van der Waals surface area (Å²) in [6, 6.07) is 0. The molecular formula is C15H30. The van der Waals surface area contributed by atoms with E-state index in [1.54, 1.807) is 0 Å². The van der Waals surface area contributed by atoms with Crippen LogP contribution in [0.3, 0.4) is 0 Å². The second-order valence-electron chi connectivity index (χ2n) is 6.70. The lowest BCUT2D eigenvalue weighted by Crippen LogP contribution is -2.24. The van der Waals surface area contributed by atoms with Gasteiger partial charge in [0.1, 0.15) is 0 Å². The van der Waals surface area contributed by atoms with Gasteiger partial charge in [-0.2, -0.15) is 0 Å². The molecule has 0 spiro atoms. The number of hydrogen-bond donors (Lipinski definition) is 0. The van der Waals surface area contributed by atoms with Crippen LogP contribution in [0.15, 0.2) is 0 Å². The van der Waals surface area contributed by atoms with E-state index in [9.17, 15) is 0 Å². The molecule has 1 saturated carbocycles. The van der Waals surface area contributed by atoms with Crippen molar-refractivity contribution in [2.24, 2.45) is 23.2 Å². The van der Waals surface area contributed by atoms with Gasteiger partial charge in [0.25, 0.3) is 0 Å². The standard InChI is InChI=1S/C15H30/c1-6-7-13(3)11-15(4,5)14-9-8-12(2)10-14/h12-14H,6-11H2,1-5H3. The summed E-state index contributed by atoms with van der Waals surface area (Å²) in [6.07, 6.45) is 8.61. The van der Waals surface area contributed by atoms with Crippen molar-refractivity contribution in [3.8, 4) is 0 Å². The van der Waals surface area contributed by atoms with Crippen LogP contribution < -0.4 is 0 Å². The Kier molecular flexibility index (Phi) is 4.67. The fourth-order valence-corrected chi connectivity index (χ4v) is 3.58. The van der Waals surface area contributed by atoms with Gasteiger partial charge in [-0.1, -0.05) is 53.9 Å². The van der Waals surface area contributed by atoms with Crippen LogP contribution in [-0.4, -0.2) is 0 Å². The lowest BCUT2D eigenvalue weighted by molar-refractivity contribution is 0.162. The summed E-state index contributed by atoms with van der Waals surface area (Å²) in [6.45, 7) is 12.2. The maximum atomic E-state index is 2.50. The first-order chi connectivity index (χ1) is 6.95. The molecule has 3 unspecified atom stereocenters. The van der Waals surface area contributed by atoms with E-state index in [1.807, 2.05) is 0 Å². The highest BCUT2D eigenvalue weighted by Gasteiger charge is 2.35. The van der Waals surface area contributed by atoms with Crippen LogP contribution in [0.2, 0.25) is 0 Å². The molecular weight excluding hydrogens is 180 g/mol. The molecule has 0 aliphatic heterocycles. The molecule has 1 fully saturated rings. The fraction of sp³-hybridized carbons (Fsp3) is 1.00. The van der Waals surface area contributed by atoms with Crippen LogP contribution >= 0.6 is 0 Å². The first kappa shape index (κ1) is 13.1. The van der Waals surface area contributed by atoms with Gasteiger partial charge in [-0.3, -0.25) is 0 Å². The van der Waals surface area contributed by atoms with Gasteiger partial charge in [0.15, 0.2) is 0 Å². The molecule has 90 valence electrons. The van der Waals surface area contributed by atoms with E-state index < -0.39 is 0 Å². The van der Waals surface area contributed by atoms with Crippen LogP contribution in [0.4, 0.5) is 0 Å². The minimum Gasteiger partial charge on any atom is -0.0654 e. The third-order valence-electron chi connectivity index (χ3n) is 4.46. The van der Waals surface area contributed by atoms with E-state index in [0.717, 1.165) is 17.8 Å². The van der Waals surface area contributed by atoms with E-state index in [2.05, 4.69) is 34.6 Å². The topological polar surface area (TPSA) is 0 Å². The number of rotatable bonds is 5. The molecule has 0 amide bonds. The van der Waals surface area contributed by atoms with Crippen molar-refractivity contribution < 1.29 is 0 Å². The lowest BCUT2D eigenvalue weighted by atomic mass is 9.71. The van der Waals surface area contributed by atoms with Crippen molar-refractivity contribution >= 4 is 0 Å². The van der Waals surface area contributed by atoms with Gasteiger partial charge in [0.05, 0.1) is 0 Å². The smallest absolute Gasteiger partial charge is 0.0323 e. The van der Waals surface area contributed by atoms with Gasteiger partial charge in [-0.25, -0.2) is 0 Å². The third-order valence-corrected chi connectivity index (χ3v) is 4.46. The Hall–Kier alpha value is 0. The van der Waals surface area contributed by atoms with Gasteiger partial charge in [-0.15, -0.1) is 0 Å². The van der Waals surface area contributed by atoms with Crippen molar-refractivity contribution in [1.82, 2.24) is 0 Å². The van der Waals surface area contributed by atoms with Gasteiger partial charge >= 0.3 is 0 Å². The van der Waals surface area contributed by atoms with E-state index in [1.165, 1.54) is 38.5 Å². The summed E-state index contributed by atoms with van der Waals surface area (Å²) in [5.41, 5.74) is 0.583. The summed E-state index contributed by atoms with van der Waals surface area (Å²) >= 11 is 0. The van der Waals surface area contributed by atoms with Crippen molar-refractivity contribution in [3.63, 3.8) is 0 Å². The molecule has 0 aromatic rings. The van der Waals surface area contributed by atoms with Gasteiger partial charge in [0.2, 0.25) is 0 Å². The quantitative estimate of drug-likeness (QED) is 0.579. The Morgan fingerprint density at radius 1 is 1.27 bits per heavy atom. The van der Waals surface area contributed by atoms with E-state index >= 15 is 0 Å². The largest absolute Gasteiger partial charge is 0.0654 e. The molecule has 15 heavy (non-hydrogen) atoms. The molecule has 0 bridgehead atoms. The predicted octanol–water partition coefficient (Wildman–Crippen LogP) is 5.28. The molecule has 0 aromatic heterocycles. The lowest BCUT2D eigenvalue weighted by Gasteiger charge is -2.34. The normalized spacial score (nSPS) is 29.4. The van der Waals surface area contributed by atoms with Crippen LogP contribution in [0.25, 0.3) is 0 Å². The zero-order chi connectivity index (χ0) is 11.5. The molecule has 0 N–H and O–H groups in total. The predicted molar refractivity (Wildman–Crippen MR) is 69.0 cm³/mol. The first-order valence-corrected chi connectivity index (χ1v) is 6.95. The Bertz CT molecular complexity index is 180. The molecule has 1 aliphatic rings. The SMILES string of the molecule is CCCC(C)CC(C)(C)C1CCC(C)C1. The summed E-state index contributed by atoms with van der Waals surface area (Å²) < 4.78 is 0. The van der Waals surface area contributed by atoms with Crippen LogP contribution in [0, 0.1) is 23.2 Å². The minimum absolute atomic E-state index is 0.583. The van der Waals surface area contributed by atoms with Gasteiger partial charge in [0, 0.05) is 0 Å². The summed E-state index contributed by atoms with van der Waals surface area (Å²) in [7, 11) is 0. The molecule has 3 atom stereocenters. The Labute approximate surface area is 96.8 Å². The van der Waals surface area contributed by atoms with Crippen molar-refractivity contribution in [2.45, 2.75) is 73.1 Å². The minimum atomic E-state index is 0.583. The molecule has 1 aliphatic carbocycles. The highest BCUT2D eigenvalue weighted by atomic mass is 14.4. The first-order valence-electron chi connectivity index (χ1n) is 6.95. The van der Waals surface area contributed by atoms with Crippen LogP contribution in [0.5, 0.6) is 0 Å². The summed E-state index contributed by atoms with van der Waals surface area (Å²) in [5.74, 6) is 2.89. The molecule has 1 rings (SSSR count). The van der Waals surface area contributed by atoms with Crippen molar-refractivity contribution in [1.29, 1.82) is 0 Å². The zero-order valence-corrected chi connectivity index (χ0v) is 11.5. The van der Waals surface area contributed by atoms with Crippen LogP contribution in [0.1, 0.15) is 73.1 Å². The average molecular weight is 210 g/mol. The highest BCUT2D eigenvalue weighted by Crippen LogP contribution is 2.45. The molecule has 0 nitrogen and oxygen atoms in total. The average Bonchev–Trinajstić information content (AvgIpc) is 2.51. The Morgan fingerprint density at radius 3 is 2.40 bits per heavy atom. The highest BCUT2D eigenvalue weighted by molar-refractivity contribution is 4.85. The molecule has 0 heterocycles. The van der Waals surface area contributed by atoms with Crippen LogP contribution in [-0.2, 0) is 0 Å². The molecule has 0 saturated heterocycles. The Morgan fingerprint density at radius 2 is 1.93 bits per heavy atom. The Balaban J connectivity index is 2.43. The molecule has 0 radical (unpaired) electrons. The maximum Gasteiger partial charge on any atom is -0.0323 e. The van der Waals surface area contributed by atoms with Crippen molar-refractivity contribution in [2.75, 3.05) is 0 Å². The summed E-state index contributed by atoms with van der Waals surface area (Å²) in [4.78, 5) is 0. The summed E-state index contributed by atoms with van der Waals surface area (Å²) in [5, 5.41) is 0. The van der Waals surface area contributed by atoms with E-state index in [0.29, 0.717) is 5.41 Å². The number of hydrogen-bond acceptors (Lipinski definition) is 0. The molecule has 0 aromatic carbocycles. The van der Waals surface area contributed by atoms with E-state index in [4.69, 9.17) is 0 Å². The maximum absolute atomic E-state index is 2.50. The monoisotopic (exact) mass is 210 g/mol. The molecule has 0 heteroatoms.